The van der Waals surface area contributed by atoms with Crippen LogP contribution in [0.3, 0.4) is 0 Å². The highest BCUT2D eigenvalue weighted by atomic mass is 32.2. The average Bonchev–Trinajstić information content (AvgIpc) is 2.97. The predicted molar refractivity (Wildman–Crippen MR) is 168 cm³/mol. The number of piperazine rings is 1. The highest BCUT2D eigenvalue weighted by Gasteiger charge is 2.41. The highest BCUT2D eigenvalue weighted by molar-refractivity contribution is 7.99. The standard InChI is InChI=1S/C32H37F5N4O5S/c1-17-14-40(30(43)46-31(3,4)5)18(2)13-39(17)28-22-12-23(32(35,36)37)25(21-8-7-19(33)11-24(21)34)27-26(22)41(29(42)38-28)20(16-47-27)15-45-10-9-44-6/h7-8,11-12,17-18,20H,9-10,13-16H2,1-6H3/t17-,18+,20-/m0/s1. The van der Waals surface area contributed by atoms with E-state index < -0.39 is 70.0 Å². The molecule has 256 valence electrons. The van der Waals surface area contributed by atoms with E-state index in [0.717, 1.165) is 30.0 Å². The smallest absolute Gasteiger partial charge is 0.417 e. The van der Waals surface area contributed by atoms with Crippen LogP contribution in [0.25, 0.3) is 22.0 Å². The summed E-state index contributed by atoms with van der Waals surface area (Å²) in [6.45, 7) is 9.69. The average molecular weight is 685 g/mol. The maximum atomic E-state index is 15.2. The van der Waals surface area contributed by atoms with Gasteiger partial charge in [-0.15, -0.1) is 11.8 Å². The molecule has 1 amide bonds. The van der Waals surface area contributed by atoms with E-state index in [0.29, 0.717) is 12.7 Å². The van der Waals surface area contributed by atoms with Crippen LogP contribution in [0.4, 0.5) is 32.6 Å². The zero-order chi connectivity index (χ0) is 34.4. The van der Waals surface area contributed by atoms with Crippen LogP contribution in [0.1, 0.15) is 46.2 Å². The molecule has 2 aliphatic heterocycles. The molecule has 0 N–H and O–H groups in total. The molecule has 3 heterocycles. The van der Waals surface area contributed by atoms with Crippen molar-refractivity contribution in [3.8, 4) is 11.1 Å². The first kappa shape index (κ1) is 34.9. The Morgan fingerprint density at radius 1 is 1.06 bits per heavy atom. The van der Waals surface area contributed by atoms with E-state index in [1.807, 2.05) is 0 Å². The second-order valence-electron chi connectivity index (χ2n) is 12.7. The normalized spacial score (nSPS) is 20.2. The number of aromatic nitrogens is 2. The third-order valence-electron chi connectivity index (χ3n) is 8.06. The van der Waals surface area contributed by atoms with Crippen molar-refractivity contribution in [2.24, 2.45) is 0 Å². The van der Waals surface area contributed by atoms with Crippen LogP contribution in [-0.4, -0.2) is 84.0 Å². The Kier molecular flexibility index (Phi) is 9.82. The number of thioether (sulfide) groups is 1. The summed E-state index contributed by atoms with van der Waals surface area (Å²) < 4.78 is 91.4. The van der Waals surface area contributed by atoms with Crippen molar-refractivity contribution in [1.82, 2.24) is 14.5 Å². The molecule has 1 saturated heterocycles. The van der Waals surface area contributed by atoms with Crippen molar-refractivity contribution in [3.63, 3.8) is 0 Å². The molecule has 1 fully saturated rings. The Hall–Kier alpha value is -3.43. The van der Waals surface area contributed by atoms with Gasteiger partial charge in [-0.3, -0.25) is 4.57 Å². The number of benzene rings is 2. The summed E-state index contributed by atoms with van der Waals surface area (Å²) in [4.78, 5) is 34.5. The van der Waals surface area contributed by atoms with Gasteiger partial charge in [-0.2, -0.15) is 18.2 Å². The molecule has 5 rings (SSSR count). The molecule has 0 unspecified atom stereocenters. The first-order valence-electron chi connectivity index (χ1n) is 15.1. The monoisotopic (exact) mass is 684 g/mol. The predicted octanol–water partition coefficient (Wildman–Crippen LogP) is 6.50. The molecule has 2 aliphatic rings. The molecule has 0 aliphatic carbocycles. The molecule has 3 atom stereocenters. The Labute approximate surface area is 273 Å². The topological polar surface area (TPSA) is 86.1 Å². The lowest BCUT2D eigenvalue weighted by molar-refractivity contribution is -0.137. The lowest BCUT2D eigenvalue weighted by Crippen LogP contribution is -2.59. The van der Waals surface area contributed by atoms with Gasteiger partial charge in [-0.1, -0.05) is 0 Å². The number of halogens is 5. The van der Waals surface area contributed by atoms with Crippen LogP contribution in [0.15, 0.2) is 34.0 Å². The third-order valence-corrected chi connectivity index (χ3v) is 9.30. The van der Waals surface area contributed by atoms with Crippen LogP contribution in [0.5, 0.6) is 0 Å². The van der Waals surface area contributed by atoms with Gasteiger partial charge >= 0.3 is 18.0 Å². The van der Waals surface area contributed by atoms with E-state index in [-0.39, 0.29) is 53.7 Å². The van der Waals surface area contributed by atoms with Gasteiger partial charge in [-0.05, 0) is 52.8 Å². The fourth-order valence-corrected chi connectivity index (χ4v) is 7.29. The summed E-state index contributed by atoms with van der Waals surface area (Å²) in [6.07, 6.45) is -5.48. The summed E-state index contributed by atoms with van der Waals surface area (Å²) in [5, 5.41) is 0.0389. The molecule has 9 nitrogen and oxygen atoms in total. The van der Waals surface area contributed by atoms with Crippen LogP contribution >= 0.6 is 11.8 Å². The fraction of sp³-hybridized carbons (Fsp3) is 0.531. The molecule has 0 spiro atoms. The molecular formula is C32H37F5N4O5S. The van der Waals surface area contributed by atoms with Crippen LogP contribution in [0.2, 0.25) is 0 Å². The largest absolute Gasteiger partial charge is 0.444 e. The number of rotatable bonds is 7. The van der Waals surface area contributed by atoms with E-state index in [4.69, 9.17) is 14.2 Å². The number of carbonyl (C=O) groups is 1. The molecule has 15 heteroatoms. The van der Waals surface area contributed by atoms with Gasteiger partial charge in [0.15, 0.2) is 0 Å². The SMILES string of the molecule is COCCOC[C@H]1CSc2c(-c3ccc(F)cc3F)c(C(F)(F)F)cc3c(N4C[C@@H](C)N(C(=O)OC(C)(C)C)C[C@@H]4C)nc(=O)n1c23. The van der Waals surface area contributed by atoms with E-state index >= 15 is 4.39 Å². The summed E-state index contributed by atoms with van der Waals surface area (Å²) in [7, 11) is 1.51. The van der Waals surface area contributed by atoms with Gasteiger partial charge in [0.1, 0.15) is 23.1 Å². The van der Waals surface area contributed by atoms with Crippen molar-refractivity contribution < 1.29 is 41.0 Å². The molecule has 1 aromatic heterocycles. The number of anilines is 1. The Balaban J connectivity index is 1.73. The minimum Gasteiger partial charge on any atom is -0.444 e. The number of hydrogen-bond donors (Lipinski definition) is 0. The zero-order valence-electron chi connectivity index (χ0n) is 26.9. The molecule has 0 bridgehead atoms. The number of amides is 1. The number of methoxy groups -OCH3 is 1. The zero-order valence-corrected chi connectivity index (χ0v) is 27.7. The molecule has 0 saturated carbocycles. The van der Waals surface area contributed by atoms with Crippen molar-refractivity contribution >= 4 is 34.6 Å². The Bertz CT molecular complexity index is 1730. The summed E-state index contributed by atoms with van der Waals surface area (Å²) >= 11 is 1.05. The van der Waals surface area contributed by atoms with E-state index in [1.54, 1.807) is 44.4 Å². The van der Waals surface area contributed by atoms with Gasteiger partial charge in [0, 0.05) is 65.5 Å². The molecular weight excluding hydrogens is 647 g/mol. The van der Waals surface area contributed by atoms with Crippen LogP contribution < -0.4 is 10.6 Å². The number of ether oxygens (including phenoxy) is 3. The molecule has 3 aromatic rings. The number of hydrogen-bond acceptors (Lipinski definition) is 8. The lowest BCUT2D eigenvalue weighted by Gasteiger charge is -2.45. The van der Waals surface area contributed by atoms with E-state index in [2.05, 4.69) is 4.98 Å². The highest BCUT2D eigenvalue weighted by Crippen LogP contribution is 2.50. The van der Waals surface area contributed by atoms with Crippen molar-refractivity contribution in [1.29, 1.82) is 0 Å². The first-order chi connectivity index (χ1) is 22.0. The van der Waals surface area contributed by atoms with Crippen molar-refractivity contribution in [2.75, 3.05) is 50.7 Å². The van der Waals surface area contributed by atoms with Gasteiger partial charge in [-0.25, -0.2) is 18.4 Å². The second kappa shape index (κ2) is 13.2. The first-order valence-corrected chi connectivity index (χ1v) is 16.1. The Morgan fingerprint density at radius 2 is 1.79 bits per heavy atom. The van der Waals surface area contributed by atoms with E-state index in [9.17, 15) is 27.2 Å². The minimum atomic E-state index is -4.95. The van der Waals surface area contributed by atoms with Gasteiger partial charge < -0.3 is 24.0 Å². The Morgan fingerprint density at radius 3 is 2.43 bits per heavy atom. The molecule has 47 heavy (non-hydrogen) atoms. The van der Waals surface area contributed by atoms with Gasteiger partial charge in [0.05, 0.1) is 36.9 Å². The van der Waals surface area contributed by atoms with Gasteiger partial charge in [0.2, 0.25) is 0 Å². The van der Waals surface area contributed by atoms with Crippen molar-refractivity contribution in [3.05, 3.63) is 51.9 Å². The van der Waals surface area contributed by atoms with E-state index in [1.165, 1.54) is 11.7 Å². The maximum Gasteiger partial charge on any atom is 0.417 e. The summed E-state index contributed by atoms with van der Waals surface area (Å²) in [5.41, 5.74) is -3.36. The number of carbonyl (C=O) groups excluding carboxylic acids is 1. The molecule has 0 radical (unpaired) electrons. The van der Waals surface area contributed by atoms with Crippen LogP contribution in [0, 0.1) is 11.6 Å². The maximum absolute atomic E-state index is 15.2. The fourth-order valence-electron chi connectivity index (χ4n) is 5.97. The second-order valence-corrected chi connectivity index (χ2v) is 13.8. The summed E-state index contributed by atoms with van der Waals surface area (Å²) in [6, 6.07) is 1.77. The quantitative estimate of drug-likeness (QED) is 0.206. The number of alkyl halides is 3. The summed E-state index contributed by atoms with van der Waals surface area (Å²) in [5.74, 6) is -1.95. The van der Waals surface area contributed by atoms with Gasteiger partial charge in [0.25, 0.3) is 0 Å². The lowest BCUT2D eigenvalue weighted by atomic mass is 9.95. The third kappa shape index (κ3) is 7.07. The van der Waals surface area contributed by atoms with Crippen LogP contribution in [-0.2, 0) is 20.4 Å². The minimum absolute atomic E-state index is 0.0175. The number of nitrogens with zero attached hydrogens (tertiary/aromatic N) is 4. The van der Waals surface area contributed by atoms with Crippen molar-refractivity contribution in [2.45, 2.75) is 69.4 Å². The molecule has 2 aromatic carbocycles.